The molecule has 96 valence electrons. The van der Waals surface area contributed by atoms with Gasteiger partial charge in [0.1, 0.15) is 5.82 Å². The summed E-state index contributed by atoms with van der Waals surface area (Å²) in [6.07, 6.45) is 0. The number of aromatic nitrogens is 2. The van der Waals surface area contributed by atoms with Gasteiger partial charge < -0.3 is 9.67 Å². The highest BCUT2D eigenvalue weighted by molar-refractivity contribution is 6.30. The number of aryl methyl sites for hydroxylation is 3. The summed E-state index contributed by atoms with van der Waals surface area (Å²) in [7, 11) is 1.87. The van der Waals surface area contributed by atoms with Gasteiger partial charge in [0.2, 0.25) is 0 Å². The van der Waals surface area contributed by atoms with Crippen molar-refractivity contribution >= 4 is 11.6 Å². The summed E-state index contributed by atoms with van der Waals surface area (Å²) in [6, 6.07) is 4.26. The standard InChI is InChI=1S/C14H17ClN2O/c1-8-5-9(2)12(10(3)6-8)14-16-13(15)11(7-18)17(14)4/h5-6,18H,7H2,1-4H3. The largest absolute Gasteiger partial charge is 0.390 e. The average molecular weight is 265 g/mol. The zero-order valence-corrected chi connectivity index (χ0v) is 11.8. The summed E-state index contributed by atoms with van der Waals surface area (Å²) in [6.45, 7) is 6.10. The molecule has 0 unspecified atom stereocenters. The van der Waals surface area contributed by atoms with Crippen LogP contribution < -0.4 is 0 Å². The van der Waals surface area contributed by atoms with Crippen molar-refractivity contribution in [3.8, 4) is 11.4 Å². The highest BCUT2D eigenvalue weighted by atomic mass is 35.5. The van der Waals surface area contributed by atoms with Gasteiger partial charge in [0, 0.05) is 12.6 Å². The van der Waals surface area contributed by atoms with Crippen LogP contribution in [-0.2, 0) is 13.7 Å². The van der Waals surface area contributed by atoms with Gasteiger partial charge in [0.15, 0.2) is 5.15 Å². The van der Waals surface area contributed by atoms with Crippen LogP contribution in [0, 0.1) is 20.8 Å². The van der Waals surface area contributed by atoms with E-state index in [0.717, 1.165) is 11.4 Å². The number of hydrogen-bond donors (Lipinski definition) is 1. The normalized spacial score (nSPS) is 11.0. The Morgan fingerprint density at radius 2 is 1.78 bits per heavy atom. The molecule has 0 aliphatic rings. The number of rotatable bonds is 2. The summed E-state index contributed by atoms with van der Waals surface area (Å²) < 4.78 is 1.85. The molecule has 0 radical (unpaired) electrons. The Kier molecular flexibility index (Phi) is 3.46. The van der Waals surface area contributed by atoms with Gasteiger partial charge >= 0.3 is 0 Å². The predicted octanol–water partition coefficient (Wildman–Crippen LogP) is 3.16. The zero-order chi connectivity index (χ0) is 13.4. The number of halogens is 1. The fourth-order valence-electron chi connectivity index (χ4n) is 2.43. The number of imidazole rings is 1. The molecular weight excluding hydrogens is 248 g/mol. The van der Waals surface area contributed by atoms with Crippen LogP contribution in [0.25, 0.3) is 11.4 Å². The Bertz CT molecular complexity index is 579. The van der Waals surface area contributed by atoms with Gasteiger partial charge in [0.05, 0.1) is 12.3 Å². The van der Waals surface area contributed by atoms with Crippen molar-refractivity contribution in [1.82, 2.24) is 9.55 Å². The molecule has 1 heterocycles. The van der Waals surface area contributed by atoms with Crippen LogP contribution in [0.5, 0.6) is 0 Å². The lowest BCUT2D eigenvalue weighted by Crippen LogP contribution is -2.01. The monoisotopic (exact) mass is 264 g/mol. The third-order valence-electron chi connectivity index (χ3n) is 3.22. The molecule has 2 rings (SSSR count). The quantitative estimate of drug-likeness (QED) is 0.905. The van der Waals surface area contributed by atoms with Gasteiger partial charge in [-0.25, -0.2) is 4.98 Å². The van der Waals surface area contributed by atoms with Crippen LogP contribution >= 0.6 is 11.6 Å². The topological polar surface area (TPSA) is 38.1 Å². The van der Waals surface area contributed by atoms with E-state index in [1.165, 1.54) is 16.7 Å². The van der Waals surface area contributed by atoms with E-state index in [-0.39, 0.29) is 6.61 Å². The van der Waals surface area contributed by atoms with Crippen molar-refractivity contribution in [2.45, 2.75) is 27.4 Å². The number of benzene rings is 1. The van der Waals surface area contributed by atoms with E-state index in [4.69, 9.17) is 11.6 Å². The lowest BCUT2D eigenvalue weighted by molar-refractivity contribution is 0.273. The van der Waals surface area contributed by atoms with Crippen LogP contribution in [0.4, 0.5) is 0 Å². The van der Waals surface area contributed by atoms with Gasteiger partial charge in [-0.3, -0.25) is 0 Å². The van der Waals surface area contributed by atoms with E-state index in [1.54, 1.807) is 0 Å². The highest BCUT2D eigenvalue weighted by Gasteiger charge is 2.17. The lowest BCUT2D eigenvalue weighted by Gasteiger charge is -2.11. The first-order valence-corrected chi connectivity index (χ1v) is 6.23. The predicted molar refractivity (Wildman–Crippen MR) is 73.8 cm³/mol. The molecule has 0 amide bonds. The van der Waals surface area contributed by atoms with Crippen molar-refractivity contribution in [2.75, 3.05) is 0 Å². The Morgan fingerprint density at radius 1 is 1.22 bits per heavy atom. The van der Waals surface area contributed by atoms with E-state index in [2.05, 4.69) is 37.9 Å². The van der Waals surface area contributed by atoms with E-state index in [9.17, 15) is 5.11 Å². The molecule has 0 bridgehead atoms. The smallest absolute Gasteiger partial charge is 0.153 e. The summed E-state index contributed by atoms with van der Waals surface area (Å²) in [4.78, 5) is 4.37. The Balaban J connectivity index is 2.70. The van der Waals surface area contributed by atoms with E-state index < -0.39 is 0 Å². The second-order valence-electron chi connectivity index (χ2n) is 4.66. The molecule has 3 nitrogen and oxygen atoms in total. The maximum Gasteiger partial charge on any atom is 0.153 e. The second kappa shape index (κ2) is 4.75. The maximum absolute atomic E-state index is 9.30. The van der Waals surface area contributed by atoms with Crippen molar-refractivity contribution in [3.63, 3.8) is 0 Å². The Labute approximate surface area is 112 Å². The van der Waals surface area contributed by atoms with Crippen LogP contribution in [0.15, 0.2) is 12.1 Å². The Hall–Kier alpha value is -1.32. The van der Waals surface area contributed by atoms with Crippen molar-refractivity contribution in [2.24, 2.45) is 7.05 Å². The molecule has 0 spiro atoms. The highest BCUT2D eigenvalue weighted by Crippen LogP contribution is 2.30. The zero-order valence-electron chi connectivity index (χ0n) is 11.1. The van der Waals surface area contributed by atoms with Gasteiger partial charge in [-0.15, -0.1) is 0 Å². The van der Waals surface area contributed by atoms with Gasteiger partial charge in [-0.05, 0) is 31.9 Å². The minimum absolute atomic E-state index is 0.105. The minimum atomic E-state index is -0.105. The van der Waals surface area contributed by atoms with Gasteiger partial charge in [-0.1, -0.05) is 29.3 Å². The Morgan fingerprint density at radius 3 is 2.22 bits per heavy atom. The molecule has 1 aromatic carbocycles. The molecule has 18 heavy (non-hydrogen) atoms. The molecule has 4 heteroatoms. The summed E-state index contributed by atoms with van der Waals surface area (Å²) in [5.74, 6) is 0.805. The SMILES string of the molecule is Cc1cc(C)c(-c2nc(Cl)c(CO)n2C)c(C)c1. The van der Waals surface area contributed by atoms with E-state index in [0.29, 0.717) is 10.8 Å². The van der Waals surface area contributed by atoms with Gasteiger partial charge in [0.25, 0.3) is 0 Å². The number of hydrogen-bond acceptors (Lipinski definition) is 2. The van der Waals surface area contributed by atoms with Crippen LogP contribution in [0.1, 0.15) is 22.4 Å². The third-order valence-corrected chi connectivity index (χ3v) is 3.52. The molecule has 0 aliphatic carbocycles. The molecule has 0 aliphatic heterocycles. The van der Waals surface area contributed by atoms with E-state index in [1.807, 2.05) is 11.6 Å². The summed E-state index contributed by atoms with van der Waals surface area (Å²) in [5.41, 5.74) is 5.30. The molecule has 0 atom stereocenters. The second-order valence-corrected chi connectivity index (χ2v) is 5.02. The molecule has 1 N–H and O–H groups in total. The fraction of sp³-hybridized carbons (Fsp3) is 0.357. The summed E-state index contributed by atoms with van der Waals surface area (Å²) >= 11 is 6.04. The molecule has 2 aromatic rings. The molecule has 0 saturated carbocycles. The first-order valence-electron chi connectivity index (χ1n) is 5.86. The fourth-order valence-corrected chi connectivity index (χ4v) is 2.69. The number of aliphatic hydroxyl groups excluding tert-OH is 1. The van der Waals surface area contributed by atoms with Crippen molar-refractivity contribution in [3.05, 3.63) is 39.7 Å². The van der Waals surface area contributed by atoms with Crippen LogP contribution in [0.3, 0.4) is 0 Å². The first kappa shape index (κ1) is 13.1. The average Bonchev–Trinajstić information content (AvgIpc) is 2.53. The number of aliphatic hydroxyl groups is 1. The van der Waals surface area contributed by atoms with E-state index >= 15 is 0 Å². The minimum Gasteiger partial charge on any atom is -0.390 e. The van der Waals surface area contributed by atoms with Crippen molar-refractivity contribution in [1.29, 1.82) is 0 Å². The van der Waals surface area contributed by atoms with Crippen LogP contribution in [-0.4, -0.2) is 14.7 Å². The molecule has 1 aromatic heterocycles. The third kappa shape index (κ3) is 2.04. The molecule has 0 saturated heterocycles. The van der Waals surface area contributed by atoms with Gasteiger partial charge in [-0.2, -0.15) is 0 Å². The first-order chi connectivity index (χ1) is 8.45. The molecular formula is C14H17ClN2O. The molecule has 0 fully saturated rings. The van der Waals surface area contributed by atoms with Crippen molar-refractivity contribution < 1.29 is 5.11 Å². The lowest BCUT2D eigenvalue weighted by atomic mass is 9.99. The maximum atomic E-state index is 9.30. The number of nitrogens with zero attached hydrogens (tertiary/aromatic N) is 2. The summed E-state index contributed by atoms with van der Waals surface area (Å²) in [5, 5.41) is 9.67. The van der Waals surface area contributed by atoms with Crippen LogP contribution in [0.2, 0.25) is 5.15 Å².